The molecule has 1 aromatic rings. The van der Waals surface area contributed by atoms with Gasteiger partial charge in [-0.2, -0.15) is 8.42 Å². The summed E-state index contributed by atoms with van der Waals surface area (Å²) in [6, 6.07) is 4.83. The van der Waals surface area contributed by atoms with Crippen molar-refractivity contribution in [2.45, 2.75) is 97.5 Å². The smallest absolute Gasteiger partial charge is 0.264 e. The van der Waals surface area contributed by atoms with Gasteiger partial charge in [0.15, 0.2) is 0 Å². The summed E-state index contributed by atoms with van der Waals surface area (Å²) < 4.78 is 33.5. The molecule has 0 radical (unpaired) electrons. The predicted octanol–water partition coefficient (Wildman–Crippen LogP) is 5.84. The molecular weight excluding hydrogens is 624 g/mol. The summed E-state index contributed by atoms with van der Waals surface area (Å²) in [4.78, 5) is 1.86. The molecule has 0 fully saturated rings. The standard InChI is InChI=1S/C35H52N2O7S.2H2O/c1-4-7-9-11-13-20-37(21-14-12-10-8-5-2)27-17-19-29(31(39)25-27)33-34(40)32(35(33)41)28-18-16-26(24-30(28)38)36(6-3)22-15-23-45(42,43)44;;/h16-19,24-25,34,40H,4-15,20-23H2,1-3H3,(H3,38,39,41,42,43,44);2*1H2. The molecule has 8 N–H and O–H groups in total. The Morgan fingerprint density at radius 1 is 0.830 bits per heavy atom. The lowest BCUT2D eigenvalue weighted by molar-refractivity contribution is -0.527. The van der Waals surface area contributed by atoms with E-state index in [-0.39, 0.29) is 57.1 Å². The summed E-state index contributed by atoms with van der Waals surface area (Å²) in [6.45, 7) is 9.03. The Bertz CT molecular complexity index is 1410. The zero-order valence-corrected chi connectivity index (χ0v) is 29.0. The van der Waals surface area contributed by atoms with E-state index in [1.807, 2.05) is 17.9 Å². The molecule has 1 unspecified atom stereocenters. The van der Waals surface area contributed by atoms with Crippen LogP contribution in [-0.2, 0) is 10.1 Å². The number of aliphatic hydroxyl groups is 3. The molecule has 12 heteroatoms. The SMILES string of the molecule is CCCCCCC[N+](CCCCCCC)=C1C=CC(=C2C(O)=C(c3ccc(N(CC)CCCS(=O)(=O)O)cc3O)C2O)C(O)=C1.O.[OH-]. The lowest BCUT2D eigenvalue weighted by Gasteiger charge is -2.32. The monoisotopic (exact) mass is 680 g/mol. The van der Waals surface area contributed by atoms with Gasteiger partial charge in [-0.1, -0.05) is 52.4 Å². The van der Waals surface area contributed by atoms with Crippen molar-refractivity contribution in [2.24, 2.45) is 0 Å². The number of unbranched alkanes of at least 4 members (excludes halogenated alkanes) is 8. The van der Waals surface area contributed by atoms with E-state index >= 15 is 0 Å². The number of anilines is 1. The van der Waals surface area contributed by atoms with E-state index in [0.29, 0.717) is 24.4 Å². The van der Waals surface area contributed by atoms with Gasteiger partial charge in [0.05, 0.1) is 11.8 Å². The van der Waals surface area contributed by atoms with Crippen LogP contribution in [0.2, 0.25) is 0 Å². The molecule has 1 aromatic carbocycles. The Morgan fingerprint density at radius 2 is 1.43 bits per heavy atom. The van der Waals surface area contributed by atoms with Crippen molar-refractivity contribution in [1.82, 2.24) is 0 Å². The minimum Gasteiger partial charge on any atom is -0.870 e. The van der Waals surface area contributed by atoms with E-state index < -0.39 is 16.2 Å². The van der Waals surface area contributed by atoms with Crippen LogP contribution in [-0.4, -0.2) is 92.7 Å². The average Bonchev–Trinajstić information content (AvgIpc) is 2.99. The highest BCUT2D eigenvalue weighted by Crippen LogP contribution is 2.46. The number of allylic oxidation sites excluding steroid dienone is 3. The van der Waals surface area contributed by atoms with Gasteiger partial charge in [-0.05, 0) is 44.4 Å². The number of nitrogens with zero attached hydrogens (tertiary/aromatic N) is 2. The molecule has 0 amide bonds. The molecule has 3 rings (SSSR count). The summed E-state index contributed by atoms with van der Waals surface area (Å²) in [7, 11) is -4.06. The van der Waals surface area contributed by atoms with Crippen molar-refractivity contribution in [2.75, 3.05) is 36.8 Å². The van der Waals surface area contributed by atoms with Crippen LogP contribution < -0.4 is 4.90 Å². The fourth-order valence-electron chi connectivity index (χ4n) is 6.00. The average molecular weight is 681 g/mol. The van der Waals surface area contributed by atoms with Crippen molar-refractivity contribution >= 4 is 27.1 Å². The van der Waals surface area contributed by atoms with E-state index in [9.17, 15) is 28.8 Å². The van der Waals surface area contributed by atoms with Crippen LogP contribution in [0.15, 0.2) is 59.1 Å². The third kappa shape index (κ3) is 11.8. The lowest BCUT2D eigenvalue weighted by atomic mass is 9.78. The Kier molecular flexibility index (Phi) is 18.0. The van der Waals surface area contributed by atoms with Gasteiger partial charge in [-0.3, -0.25) is 4.55 Å². The van der Waals surface area contributed by atoms with E-state index in [1.54, 1.807) is 24.3 Å². The second-order valence-electron chi connectivity index (χ2n) is 12.0. The summed E-state index contributed by atoms with van der Waals surface area (Å²) in [5, 5.41) is 44.0. The predicted molar refractivity (Wildman–Crippen MR) is 188 cm³/mol. The zero-order valence-electron chi connectivity index (χ0n) is 28.2. The molecule has 11 nitrogen and oxygen atoms in total. The molecule has 2 aliphatic carbocycles. The molecule has 0 aliphatic heterocycles. The Hall–Kier alpha value is -3.16. The van der Waals surface area contributed by atoms with E-state index in [2.05, 4.69) is 18.4 Å². The number of phenolic OH excluding ortho intramolecular Hbond substituents is 1. The quantitative estimate of drug-likeness (QED) is 0.0675. The minimum atomic E-state index is -4.06. The Balaban J connectivity index is 0.00000552. The van der Waals surface area contributed by atoms with Gasteiger partial charge < -0.3 is 36.3 Å². The first kappa shape index (κ1) is 41.9. The number of benzene rings is 1. The fourth-order valence-corrected chi connectivity index (χ4v) is 6.49. The van der Waals surface area contributed by atoms with Gasteiger partial charge in [0, 0.05) is 66.0 Å². The second-order valence-corrected chi connectivity index (χ2v) is 13.6. The van der Waals surface area contributed by atoms with Gasteiger partial charge >= 0.3 is 0 Å². The molecule has 0 saturated heterocycles. The normalized spacial score (nSPS) is 17.5. The van der Waals surface area contributed by atoms with Gasteiger partial charge in [-0.15, -0.1) is 0 Å². The van der Waals surface area contributed by atoms with Gasteiger partial charge in [-0.25, -0.2) is 4.58 Å². The fraction of sp³-hybridized carbons (Fsp3) is 0.571. The Labute approximate surface area is 280 Å². The van der Waals surface area contributed by atoms with Crippen LogP contribution in [0.3, 0.4) is 0 Å². The maximum absolute atomic E-state index is 11.1. The highest BCUT2D eigenvalue weighted by Gasteiger charge is 2.39. The molecule has 266 valence electrons. The molecule has 47 heavy (non-hydrogen) atoms. The molecule has 0 spiro atoms. The number of hydrogen-bond donors (Lipinski definition) is 5. The zero-order chi connectivity index (χ0) is 33.0. The van der Waals surface area contributed by atoms with E-state index in [1.165, 1.54) is 57.4 Å². The number of phenols is 1. The van der Waals surface area contributed by atoms with Crippen LogP contribution in [0.1, 0.15) is 97.0 Å². The third-order valence-electron chi connectivity index (χ3n) is 8.61. The summed E-state index contributed by atoms with van der Waals surface area (Å²) >= 11 is 0. The van der Waals surface area contributed by atoms with Crippen molar-refractivity contribution in [3.8, 4) is 5.75 Å². The molecule has 2 aliphatic rings. The molecule has 0 aromatic heterocycles. The van der Waals surface area contributed by atoms with Gasteiger partial charge in [0.2, 0.25) is 5.71 Å². The largest absolute Gasteiger partial charge is 0.870 e. The molecule has 0 heterocycles. The van der Waals surface area contributed by atoms with Gasteiger partial charge in [0.25, 0.3) is 10.1 Å². The molecule has 0 saturated carbocycles. The van der Waals surface area contributed by atoms with Crippen LogP contribution in [0, 0.1) is 0 Å². The van der Waals surface area contributed by atoms with Crippen molar-refractivity contribution < 1.29 is 48.9 Å². The first-order chi connectivity index (χ1) is 21.5. The maximum Gasteiger partial charge on any atom is 0.264 e. The number of rotatable bonds is 19. The Morgan fingerprint density at radius 3 is 1.91 bits per heavy atom. The topological polar surface area (TPSA) is 203 Å². The van der Waals surface area contributed by atoms with Crippen LogP contribution in [0.4, 0.5) is 5.69 Å². The van der Waals surface area contributed by atoms with Crippen molar-refractivity contribution in [3.63, 3.8) is 0 Å². The van der Waals surface area contributed by atoms with Crippen molar-refractivity contribution in [1.29, 1.82) is 0 Å². The first-order valence-corrected chi connectivity index (χ1v) is 18.2. The molecule has 0 bridgehead atoms. The van der Waals surface area contributed by atoms with Crippen LogP contribution in [0.5, 0.6) is 5.75 Å². The highest BCUT2D eigenvalue weighted by molar-refractivity contribution is 7.85. The first-order valence-electron chi connectivity index (χ1n) is 16.6. The van der Waals surface area contributed by atoms with E-state index in [4.69, 9.17) is 4.55 Å². The second kappa shape index (κ2) is 20.3. The lowest BCUT2D eigenvalue weighted by Crippen LogP contribution is -2.29. The third-order valence-corrected chi connectivity index (χ3v) is 9.41. The molecular formula is C35H56N2O9S. The summed E-state index contributed by atoms with van der Waals surface area (Å²) in [5.74, 6) is -0.702. The van der Waals surface area contributed by atoms with Crippen LogP contribution in [0.25, 0.3) is 5.57 Å². The summed E-state index contributed by atoms with van der Waals surface area (Å²) in [6.07, 6.45) is 16.3. The minimum absolute atomic E-state index is 0. The number of hydrogen-bond acceptors (Lipinski definition) is 8. The van der Waals surface area contributed by atoms with Crippen molar-refractivity contribution in [3.05, 3.63) is 64.7 Å². The van der Waals surface area contributed by atoms with Crippen LogP contribution >= 0.6 is 0 Å². The number of aromatic hydroxyl groups is 1. The number of aliphatic hydroxyl groups excluding tert-OH is 3. The summed E-state index contributed by atoms with van der Waals surface area (Å²) in [5.41, 5.74) is 2.57. The molecule has 1 atom stereocenters. The van der Waals surface area contributed by atoms with E-state index in [0.717, 1.165) is 31.6 Å². The van der Waals surface area contributed by atoms with Gasteiger partial charge in [0.1, 0.15) is 36.5 Å². The maximum atomic E-state index is 11.1. The highest BCUT2D eigenvalue weighted by atomic mass is 32.2.